The molecule has 1 aliphatic rings. The van der Waals surface area contributed by atoms with E-state index in [4.69, 9.17) is 10.5 Å². The number of nitrogens with two attached hydrogens (primary N) is 1. The number of likely N-dealkylation sites (tertiary alicyclic amines) is 1. The van der Waals surface area contributed by atoms with Gasteiger partial charge in [0.05, 0.1) is 17.5 Å². The van der Waals surface area contributed by atoms with Crippen molar-refractivity contribution in [2.75, 3.05) is 39.8 Å². The number of ether oxygens (including phenoxy) is 1. The topological polar surface area (TPSA) is 92.9 Å². The highest BCUT2D eigenvalue weighted by Crippen LogP contribution is 2.16. The van der Waals surface area contributed by atoms with Crippen molar-refractivity contribution in [2.45, 2.75) is 30.3 Å². The van der Waals surface area contributed by atoms with Crippen LogP contribution < -0.4 is 5.73 Å². The van der Waals surface area contributed by atoms with Crippen molar-refractivity contribution in [2.24, 2.45) is 5.73 Å². The van der Waals surface area contributed by atoms with Gasteiger partial charge in [-0.2, -0.15) is 4.31 Å². The molecular formula is C17H28ClN3O4S. The van der Waals surface area contributed by atoms with Crippen molar-refractivity contribution in [3.63, 3.8) is 0 Å². The highest BCUT2D eigenvalue weighted by molar-refractivity contribution is 7.89. The van der Waals surface area contributed by atoms with E-state index in [-0.39, 0.29) is 35.9 Å². The predicted octanol–water partition coefficient (Wildman–Crippen LogP) is 1.09. The molecule has 1 saturated heterocycles. The third kappa shape index (κ3) is 6.21. The Morgan fingerprint density at radius 1 is 1.27 bits per heavy atom. The number of carbonyl (C=O) groups excluding carboxylic acids is 1. The van der Waals surface area contributed by atoms with Crippen LogP contribution in [0.2, 0.25) is 0 Å². The van der Waals surface area contributed by atoms with E-state index in [1.807, 2.05) is 0 Å². The number of benzene rings is 1. The van der Waals surface area contributed by atoms with E-state index in [1.54, 1.807) is 23.1 Å². The molecule has 1 aliphatic heterocycles. The maximum atomic E-state index is 12.5. The molecule has 0 atom stereocenters. The molecule has 2 N–H and O–H groups in total. The van der Waals surface area contributed by atoms with Gasteiger partial charge in [0.25, 0.3) is 0 Å². The first-order valence-electron chi connectivity index (χ1n) is 8.56. The van der Waals surface area contributed by atoms with Crippen LogP contribution >= 0.6 is 12.4 Å². The fourth-order valence-corrected chi connectivity index (χ4v) is 3.89. The number of likely N-dealkylation sites (N-methyl/N-ethyl adjacent to an activating group) is 1. The highest BCUT2D eigenvalue weighted by Gasteiger charge is 2.27. The van der Waals surface area contributed by atoms with Gasteiger partial charge >= 0.3 is 0 Å². The van der Waals surface area contributed by atoms with Crippen molar-refractivity contribution >= 4 is 28.3 Å². The third-order valence-corrected chi connectivity index (χ3v) is 6.12. The predicted molar refractivity (Wildman–Crippen MR) is 103 cm³/mol. The maximum absolute atomic E-state index is 12.5. The van der Waals surface area contributed by atoms with Gasteiger partial charge in [-0.15, -0.1) is 12.4 Å². The second-order valence-electron chi connectivity index (χ2n) is 6.17. The van der Waals surface area contributed by atoms with E-state index < -0.39 is 10.0 Å². The average Bonchev–Trinajstić information content (AvgIpc) is 2.63. The molecule has 0 bridgehead atoms. The minimum Gasteiger partial charge on any atom is -0.378 e. The molecule has 2 rings (SSSR count). The fourth-order valence-electron chi connectivity index (χ4n) is 2.75. The molecule has 1 amide bonds. The number of hydrogen-bond donors (Lipinski definition) is 1. The third-order valence-electron chi connectivity index (χ3n) is 4.31. The quantitative estimate of drug-likeness (QED) is 0.653. The van der Waals surface area contributed by atoms with Crippen LogP contribution in [-0.2, 0) is 19.6 Å². The number of nitrogens with zero attached hydrogens (tertiary/aromatic N) is 2. The van der Waals surface area contributed by atoms with Crippen LogP contribution in [0.3, 0.4) is 0 Å². The monoisotopic (exact) mass is 405 g/mol. The fraction of sp³-hybridized carbons (Fsp3) is 0.588. The molecule has 1 aromatic rings. The van der Waals surface area contributed by atoms with E-state index in [1.165, 1.54) is 19.2 Å². The Morgan fingerprint density at radius 3 is 2.46 bits per heavy atom. The lowest BCUT2D eigenvalue weighted by Crippen LogP contribution is -2.46. The van der Waals surface area contributed by atoms with Gasteiger partial charge in [0, 0.05) is 26.7 Å². The molecule has 0 aliphatic carbocycles. The number of piperidine rings is 1. The lowest BCUT2D eigenvalue weighted by atomic mass is 10.1. The van der Waals surface area contributed by atoms with Gasteiger partial charge in [0.15, 0.2) is 0 Å². The summed E-state index contributed by atoms with van der Waals surface area (Å²) in [6.07, 6.45) is 2.53. The van der Waals surface area contributed by atoms with Gasteiger partial charge in [-0.05, 0) is 37.9 Å². The first-order chi connectivity index (χ1) is 11.9. The number of rotatable bonds is 8. The van der Waals surface area contributed by atoms with Gasteiger partial charge in [-0.3, -0.25) is 4.79 Å². The van der Waals surface area contributed by atoms with Crippen molar-refractivity contribution in [3.05, 3.63) is 30.3 Å². The lowest BCUT2D eigenvalue weighted by Gasteiger charge is -2.32. The summed E-state index contributed by atoms with van der Waals surface area (Å²) < 4.78 is 31.8. The van der Waals surface area contributed by atoms with Crippen molar-refractivity contribution in [1.82, 2.24) is 9.21 Å². The molecule has 7 nitrogen and oxygen atoms in total. The number of halogens is 1. The lowest BCUT2D eigenvalue weighted by molar-refractivity contribution is -0.133. The second-order valence-corrected chi connectivity index (χ2v) is 8.21. The minimum atomic E-state index is -3.65. The van der Waals surface area contributed by atoms with Gasteiger partial charge in [0.1, 0.15) is 0 Å². The second kappa shape index (κ2) is 10.8. The van der Waals surface area contributed by atoms with Gasteiger partial charge in [-0.1, -0.05) is 18.2 Å². The van der Waals surface area contributed by atoms with E-state index in [9.17, 15) is 13.2 Å². The van der Waals surface area contributed by atoms with E-state index in [0.717, 1.165) is 23.6 Å². The van der Waals surface area contributed by atoms with Gasteiger partial charge in [0.2, 0.25) is 15.9 Å². The number of carbonyl (C=O) groups is 1. The largest absolute Gasteiger partial charge is 0.378 e. The van der Waals surface area contributed by atoms with Crippen LogP contribution in [0.15, 0.2) is 35.2 Å². The maximum Gasteiger partial charge on any atom is 0.243 e. The Bertz CT molecular complexity index is 649. The summed E-state index contributed by atoms with van der Waals surface area (Å²) in [5.74, 6) is -0.178. The molecule has 1 heterocycles. The minimum absolute atomic E-state index is 0. The van der Waals surface area contributed by atoms with Crippen molar-refractivity contribution in [3.8, 4) is 0 Å². The van der Waals surface area contributed by atoms with E-state index >= 15 is 0 Å². The van der Waals surface area contributed by atoms with Crippen LogP contribution in [0.5, 0.6) is 0 Å². The number of hydrogen-bond acceptors (Lipinski definition) is 5. The first kappa shape index (κ1) is 22.9. The van der Waals surface area contributed by atoms with Crippen LogP contribution in [0, 0.1) is 0 Å². The summed E-state index contributed by atoms with van der Waals surface area (Å²) in [6.45, 7) is 2.28. The summed E-state index contributed by atoms with van der Waals surface area (Å²) >= 11 is 0. The van der Waals surface area contributed by atoms with Crippen molar-refractivity contribution in [1.29, 1.82) is 0 Å². The molecule has 26 heavy (non-hydrogen) atoms. The van der Waals surface area contributed by atoms with Crippen molar-refractivity contribution < 1.29 is 17.9 Å². The summed E-state index contributed by atoms with van der Waals surface area (Å²) in [7, 11) is -2.22. The smallest absolute Gasteiger partial charge is 0.243 e. The summed E-state index contributed by atoms with van der Waals surface area (Å²) in [5.41, 5.74) is 5.44. The zero-order valence-electron chi connectivity index (χ0n) is 15.0. The van der Waals surface area contributed by atoms with E-state index in [2.05, 4.69) is 0 Å². The zero-order chi connectivity index (χ0) is 18.3. The molecule has 0 saturated carbocycles. The van der Waals surface area contributed by atoms with Gasteiger partial charge < -0.3 is 15.4 Å². The normalized spacial score (nSPS) is 15.7. The summed E-state index contributed by atoms with van der Waals surface area (Å²) in [4.78, 5) is 14.3. The molecule has 1 fully saturated rings. The van der Waals surface area contributed by atoms with Crippen LogP contribution in [-0.4, -0.2) is 69.5 Å². The number of amides is 1. The molecule has 0 spiro atoms. The Hall–Kier alpha value is -1.19. The van der Waals surface area contributed by atoms with Crippen LogP contribution in [0.25, 0.3) is 0 Å². The molecule has 0 radical (unpaired) electrons. The Kier molecular flexibility index (Phi) is 9.52. The molecule has 148 valence electrons. The van der Waals surface area contributed by atoms with E-state index in [0.29, 0.717) is 26.2 Å². The Morgan fingerprint density at radius 2 is 1.88 bits per heavy atom. The SMILES string of the molecule is CN(CC(=O)N1CCC(OCCCN)CC1)S(=O)(=O)c1ccccc1.Cl. The molecule has 9 heteroatoms. The van der Waals surface area contributed by atoms with Gasteiger partial charge in [-0.25, -0.2) is 8.42 Å². The van der Waals surface area contributed by atoms with Crippen LogP contribution in [0.1, 0.15) is 19.3 Å². The highest BCUT2D eigenvalue weighted by atomic mass is 35.5. The summed E-state index contributed by atoms with van der Waals surface area (Å²) in [5, 5.41) is 0. The molecule has 0 unspecified atom stereocenters. The Balaban J connectivity index is 0.00000338. The Labute approximate surface area is 161 Å². The molecule has 1 aromatic carbocycles. The first-order valence-corrected chi connectivity index (χ1v) is 10.00. The summed E-state index contributed by atoms with van der Waals surface area (Å²) in [6, 6.07) is 8.14. The molecule has 0 aromatic heterocycles. The standard InChI is InChI=1S/C17H27N3O4S.ClH/c1-19(25(22,23)16-6-3-2-4-7-16)14-17(21)20-11-8-15(9-12-20)24-13-5-10-18;/h2-4,6-7,15H,5,8-14,18H2,1H3;1H. The number of sulfonamides is 1. The zero-order valence-corrected chi connectivity index (χ0v) is 16.7. The average molecular weight is 406 g/mol. The molecular weight excluding hydrogens is 378 g/mol. The van der Waals surface area contributed by atoms with Crippen LogP contribution in [0.4, 0.5) is 0 Å².